The molecule has 1 aromatic heterocycles. The lowest BCUT2D eigenvalue weighted by molar-refractivity contribution is 0.0114. The third-order valence-electron chi connectivity index (χ3n) is 3.40. The van der Waals surface area contributed by atoms with Crippen molar-refractivity contribution in [2.24, 2.45) is 0 Å². The van der Waals surface area contributed by atoms with Crippen LogP contribution in [0.4, 0.5) is 10.6 Å². The first-order valence-corrected chi connectivity index (χ1v) is 7.95. The van der Waals surface area contributed by atoms with E-state index in [1.807, 2.05) is 25.7 Å². The topological polar surface area (TPSA) is 67.3 Å². The van der Waals surface area contributed by atoms with Gasteiger partial charge in [-0.1, -0.05) is 0 Å². The summed E-state index contributed by atoms with van der Waals surface area (Å²) < 4.78 is 5.49. The average molecular weight is 327 g/mol. The van der Waals surface area contributed by atoms with Crippen molar-refractivity contribution >= 4 is 23.5 Å². The Morgan fingerprint density at radius 3 is 2.95 bits per heavy atom. The van der Waals surface area contributed by atoms with E-state index in [1.165, 1.54) is 0 Å². The summed E-state index contributed by atoms with van der Waals surface area (Å²) in [6.07, 6.45) is 4.42. The van der Waals surface area contributed by atoms with Crippen LogP contribution in [0.1, 0.15) is 40.0 Å². The summed E-state index contributed by atoms with van der Waals surface area (Å²) >= 11 is 5.77. The number of amides is 1. The maximum atomic E-state index is 12.3. The van der Waals surface area contributed by atoms with Crippen LogP contribution in [0.25, 0.3) is 0 Å². The molecule has 0 spiro atoms. The zero-order valence-corrected chi connectivity index (χ0v) is 14.1. The molecule has 1 aliphatic rings. The van der Waals surface area contributed by atoms with Gasteiger partial charge >= 0.3 is 6.09 Å². The third kappa shape index (κ3) is 5.02. The molecule has 0 unspecified atom stereocenters. The molecule has 0 radical (unpaired) electrons. The molecule has 2 heterocycles. The number of anilines is 1. The summed E-state index contributed by atoms with van der Waals surface area (Å²) in [6, 6.07) is 1.85. The lowest BCUT2D eigenvalue weighted by atomic mass is 10.0. The highest BCUT2D eigenvalue weighted by atomic mass is 35.5. The van der Waals surface area contributed by atoms with E-state index in [0.717, 1.165) is 25.8 Å². The van der Waals surface area contributed by atoms with Gasteiger partial charge < -0.3 is 15.0 Å². The van der Waals surface area contributed by atoms with E-state index in [1.54, 1.807) is 12.3 Å². The third-order valence-corrected chi connectivity index (χ3v) is 3.58. The van der Waals surface area contributed by atoms with Gasteiger partial charge in [-0.25, -0.2) is 14.8 Å². The number of carbonyl (C=O) groups excluding carboxylic acids is 1. The summed E-state index contributed by atoms with van der Waals surface area (Å²) in [6.45, 7) is 6.99. The van der Waals surface area contributed by atoms with E-state index in [4.69, 9.17) is 16.3 Å². The zero-order valence-electron chi connectivity index (χ0n) is 13.3. The molecule has 122 valence electrons. The van der Waals surface area contributed by atoms with Crippen molar-refractivity contribution in [2.75, 3.05) is 18.4 Å². The van der Waals surface area contributed by atoms with Gasteiger partial charge in [0.1, 0.15) is 11.4 Å². The maximum Gasteiger partial charge on any atom is 0.410 e. The van der Waals surface area contributed by atoms with Gasteiger partial charge in [0.05, 0.1) is 6.04 Å². The number of ether oxygens (including phenoxy) is 1. The number of halogens is 1. The normalized spacial score (nSPS) is 18.9. The molecule has 0 aliphatic carbocycles. The highest BCUT2D eigenvalue weighted by Gasteiger charge is 2.30. The van der Waals surface area contributed by atoms with Crippen LogP contribution in [-0.2, 0) is 4.74 Å². The summed E-state index contributed by atoms with van der Waals surface area (Å²) in [4.78, 5) is 22.1. The van der Waals surface area contributed by atoms with Gasteiger partial charge in [0.2, 0.25) is 5.28 Å². The van der Waals surface area contributed by atoms with E-state index < -0.39 is 5.60 Å². The molecule has 22 heavy (non-hydrogen) atoms. The minimum absolute atomic E-state index is 0.0948. The summed E-state index contributed by atoms with van der Waals surface area (Å²) in [5, 5.41) is 3.42. The fraction of sp³-hybridized carbons (Fsp3) is 0.667. The number of aromatic nitrogens is 2. The molecule has 1 saturated heterocycles. The largest absolute Gasteiger partial charge is 0.444 e. The first kappa shape index (κ1) is 16.8. The Labute approximate surface area is 136 Å². The number of nitrogens with one attached hydrogen (secondary N) is 1. The average Bonchev–Trinajstić information content (AvgIpc) is 2.44. The van der Waals surface area contributed by atoms with E-state index in [0.29, 0.717) is 12.4 Å². The van der Waals surface area contributed by atoms with Gasteiger partial charge in [-0.3, -0.25) is 0 Å². The number of rotatable bonds is 3. The van der Waals surface area contributed by atoms with Crippen LogP contribution in [0.5, 0.6) is 0 Å². The number of carbonyl (C=O) groups is 1. The van der Waals surface area contributed by atoms with Crippen LogP contribution in [-0.4, -0.2) is 45.7 Å². The highest BCUT2D eigenvalue weighted by molar-refractivity contribution is 6.28. The van der Waals surface area contributed by atoms with Crippen LogP contribution >= 0.6 is 11.6 Å². The molecule has 2 rings (SSSR count). The van der Waals surface area contributed by atoms with Crippen LogP contribution in [0.15, 0.2) is 12.3 Å². The number of hydrogen-bond donors (Lipinski definition) is 1. The first-order valence-electron chi connectivity index (χ1n) is 7.57. The van der Waals surface area contributed by atoms with Gasteiger partial charge in [0.25, 0.3) is 0 Å². The Bertz CT molecular complexity index is 519. The fourth-order valence-corrected chi connectivity index (χ4v) is 2.58. The number of nitrogens with zero attached hydrogens (tertiary/aromatic N) is 3. The van der Waals surface area contributed by atoms with Gasteiger partial charge in [0, 0.05) is 19.3 Å². The van der Waals surface area contributed by atoms with E-state index >= 15 is 0 Å². The Balaban J connectivity index is 1.96. The monoisotopic (exact) mass is 326 g/mol. The second kappa shape index (κ2) is 7.13. The molecular weight excluding hydrogens is 304 g/mol. The van der Waals surface area contributed by atoms with Crippen molar-refractivity contribution in [3.05, 3.63) is 17.5 Å². The molecule has 1 aromatic rings. The Morgan fingerprint density at radius 1 is 1.50 bits per heavy atom. The maximum absolute atomic E-state index is 12.3. The van der Waals surface area contributed by atoms with Crippen molar-refractivity contribution in [3.63, 3.8) is 0 Å². The predicted molar refractivity (Wildman–Crippen MR) is 86.1 cm³/mol. The van der Waals surface area contributed by atoms with E-state index in [9.17, 15) is 4.79 Å². The molecule has 6 nitrogen and oxygen atoms in total. The Kier molecular flexibility index (Phi) is 5.45. The molecule has 0 aromatic carbocycles. The molecule has 1 fully saturated rings. The number of hydrogen-bond acceptors (Lipinski definition) is 5. The molecule has 0 saturated carbocycles. The second-order valence-corrected chi connectivity index (χ2v) is 6.75. The fourth-order valence-electron chi connectivity index (χ4n) is 2.43. The van der Waals surface area contributed by atoms with Crippen LogP contribution in [0.2, 0.25) is 5.28 Å². The first-order chi connectivity index (χ1) is 10.3. The zero-order chi connectivity index (χ0) is 16.2. The molecule has 0 bridgehead atoms. The van der Waals surface area contributed by atoms with Crippen molar-refractivity contribution < 1.29 is 9.53 Å². The second-order valence-electron chi connectivity index (χ2n) is 6.42. The highest BCUT2D eigenvalue weighted by Crippen LogP contribution is 2.21. The van der Waals surface area contributed by atoms with Gasteiger partial charge in [-0.15, -0.1) is 0 Å². The lowest BCUT2D eigenvalue weighted by Crippen LogP contribution is -2.48. The molecule has 1 amide bonds. The van der Waals surface area contributed by atoms with Crippen molar-refractivity contribution in [2.45, 2.75) is 51.7 Å². The number of piperidine rings is 1. The molecule has 7 heteroatoms. The predicted octanol–water partition coefficient (Wildman–Crippen LogP) is 3.33. The van der Waals surface area contributed by atoms with Crippen LogP contribution < -0.4 is 5.32 Å². The lowest BCUT2D eigenvalue weighted by Gasteiger charge is -2.36. The SMILES string of the molecule is CC(C)(C)OC(=O)N1CCCC[C@H]1CNc1ccnc(Cl)n1. The standard InChI is InChI=1S/C15H23ClN4O2/c1-15(2,3)22-14(21)20-9-5-4-6-11(20)10-18-12-7-8-17-13(16)19-12/h7-8,11H,4-6,9-10H2,1-3H3,(H,17,18,19)/t11-/m0/s1. The Morgan fingerprint density at radius 2 is 2.27 bits per heavy atom. The molecule has 1 atom stereocenters. The quantitative estimate of drug-likeness (QED) is 0.863. The van der Waals surface area contributed by atoms with Gasteiger partial charge in [-0.05, 0) is 57.7 Å². The molecule has 1 N–H and O–H groups in total. The van der Waals surface area contributed by atoms with E-state index in [-0.39, 0.29) is 17.4 Å². The summed E-state index contributed by atoms with van der Waals surface area (Å²) in [5.74, 6) is 0.662. The van der Waals surface area contributed by atoms with Gasteiger partial charge in [0.15, 0.2) is 0 Å². The van der Waals surface area contributed by atoms with Crippen molar-refractivity contribution in [3.8, 4) is 0 Å². The van der Waals surface area contributed by atoms with Crippen molar-refractivity contribution in [1.29, 1.82) is 0 Å². The van der Waals surface area contributed by atoms with Crippen LogP contribution in [0.3, 0.4) is 0 Å². The minimum atomic E-state index is -0.479. The minimum Gasteiger partial charge on any atom is -0.444 e. The molecule has 1 aliphatic heterocycles. The molecular formula is C15H23ClN4O2. The summed E-state index contributed by atoms with van der Waals surface area (Å²) in [7, 11) is 0. The Hall–Kier alpha value is -1.56. The van der Waals surface area contributed by atoms with Crippen LogP contribution in [0, 0.1) is 0 Å². The number of likely N-dealkylation sites (tertiary alicyclic amines) is 1. The van der Waals surface area contributed by atoms with E-state index in [2.05, 4.69) is 15.3 Å². The smallest absolute Gasteiger partial charge is 0.410 e. The van der Waals surface area contributed by atoms with Crippen molar-refractivity contribution in [1.82, 2.24) is 14.9 Å². The van der Waals surface area contributed by atoms with Gasteiger partial charge in [-0.2, -0.15) is 0 Å². The summed E-state index contributed by atoms with van der Waals surface area (Å²) in [5.41, 5.74) is -0.479.